The fourth-order valence-electron chi connectivity index (χ4n) is 3.71. The molecule has 168 valence electrons. The van der Waals surface area contributed by atoms with Gasteiger partial charge in [0.25, 0.3) is 5.91 Å². The Labute approximate surface area is 183 Å². The lowest BCUT2D eigenvalue weighted by atomic mass is 9.78. The molecule has 8 nitrogen and oxygen atoms in total. The molecule has 1 aromatic heterocycles. The van der Waals surface area contributed by atoms with Crippen molar-refractivity contribution in [1.82, 2.24) is 15.2 Å². The molecule has 0 saturated carbocycles. The summed E-state index contributed by atoms with van der Waals surface area (Å²) in [6.45, 7) is 2.31. The number of nitrogens with zero attached hydrogens (tertiary/aromatic N) is 3. The summed E-state index contributed by atoms with van der Waals surface area (Å²) in [4.78, 5) is 43.8. The number of hydrogen-bond acceptors (Lipinski definition) is 5. The average Bonchev–Trinajstić information content (AvgIpc) is 2.74. The predicted molar refractivity (Wildman–Crippen MR) is 110 cm³/mol. The number of benzene rings is 1. The van der Waals surface area contributed by atoms with Crippen LogP contribution in [-0.4, -0.2) is 66.9 Å². The maximum absolute atomic E-state index is 13.2. The van der Waals surface area contributed by atoms with Gasteiger partial charge in [-0.25, -0.2) is 4.79 Å². The Morgan fingerprint density at radius 1 is 1.12 bits per heavy atom. The van der Waals surface area contributed by atoms with Crippen LogP contribution in [0.15, 0.2) is 48.7 Å². The van der Waals surface area contributed by atoms with Crippen molar-refractivity contribution in [2.24, 2.45) is 5.41 Å². The second-order valence-corrected chi connectivity index (χ2v) is 8.03. The van der Waals surface area contributed by atoms with E-state index in [1.165, 1.54) is 12.3 Å². The predicted octanol–water partition coefficient (Wildman–Crippen LogP) is 2.10. The highest BCUT2D eigenvalue weighted by molar-refractivity contribution is 5.99. The minimum Gasteiger partial charge on any atom is -0.380 e. The molecule has 4 rings (SSSR count). The van der Waals surface area contributed by atoms with Crippen molar-refractivity contribution < 1.29 is 27.9 Å². The first-order chi connectivity index (χ1) is 15.4. The van der Waals surface area contributed by atoms with Crippen molar-refractivity contribution in [2.75, 3.05) is 37.7 Å². The van der Waals surface area contributed by atoms with Crippen molar-refractivity contribution >= 4 is 23.4 Å². The Kier molecular flexibility index (Phi) is 6.13. The number of alkyl halides is 2. The van der Waals surface area contributed by atoms with Crippen molar-refractivity contribution in [3.8, 4) is 0 Å². The number of Topliss-reactive ketones (excluding diaryl/α,β-unsaturated/α-hetero) is 1. The number of ketones is 1. The number of amides is 3. The third-order valence-electron chi connectivity index (χ3n) is 5.53. The number of likely N-dealkylation sites (tertiary alicyclic amines) is 1. The van der Waals surface area contributed by atoms with E-state index >= 15 is 0 Å². The highest BCUT2D eigenvalue weighted by atomic mass is 19.3. The number of nitrogens with one attached hydrogen (secondary N) is 1. The molecule has 0 aliphatic carbocycles. The van der Waals surface area contributed by atoms with Crippen LogP contribution in [-0.2, 0) is 16.1 Å². The van der Waals surface area contributed by atoms with Crippen LogP contribution in [0.5, 0.6) is 0 Å². The molecule has 3 amide bonds. The van der Waals surface area contributed by atoms with Crippen LogP contribution in [0.3, 0.4) is 0 Å². The van der Waals surface area contributed by atoms with Crippen LogP contribution in [0.1, 0.15) is 16.1 Å². The van der Waals surface area contributed by atoms with Gasteiger partial charge in [-0.2, -0.15) is 8.78 Å². The number of ether oxygens (including phenoxy) is 1. The zero-order chi connectivity index (χ0) is 22.7. The van der Waals surface area contributed by atoms with E-state index in [0.717, 1.165) is 5.69 Å². The number of para-hydroxylation sites is 1. The molecule has 0 bridgehead atoms. The molecule has 1 N–H and O–H groups in total. The van der Waals surface area contributed by atoms with Gasteiger partial charge in [0.1, 0.15) is 0 Å². The molecule has 2 fully saturated rings. The average molecular weight is 444 g/mol. The quantitative estimate of drug-likeness (QED) is 0.661. The normalized spacial score (nSPS) is 16.3. The molecule has 3 heterocycles. The number of rotatable bonds is 7. The van der Waals surface area contributed by atoms with Gasteiger partial charge in [0.05, 0.1) is 37.4 Å². The summed E-state index contributed by atoms with van der Waals surface area (Å²) >= 11 is 0. The molecule has 0 atom stereocenters. The zero-order valence-electron chi connectivity index (χ0n) is 17.2. The van der Waals surface area contributed by atoms with E-state index in [1.54, 1.807) is 15.9 Å². The molecule has 2 aromatic rings. The second-order valence-electron chi connectivity index (χ2n) is 8.03. The minimum atomic E-state index is -3.18. The highest BCUT2D eigenvalue weighted by Gasteiger charge is 2.51. The first-order valence-electron chi connectivity index (χ1n) is 10.1. The summed E-state index contributed by atoms with van der Waals surface area (Å²) in [6.07, 6.45) is -1.87. The van der Waals surface area contributed by atoms with Crippen molar-refractivity contribution in [1.29, 1.82) is 0 Å². The molecule has 1 aromatic carbocycles. The van der Waals surface area contributed by atoms with E-state index in [-0.39, 0.29) is 23.6 Å². The van der Waals surface area contributed by atoms with Gasteiger partial charge in [-0.15, -0.1) is 0 Å². The van der Waals surface area contributed by atoms with Gasteiger partial charge in [-0.3, -0.25) is 19.5 Å². The van der Waals surface area contributed by atoms with Crippen molar-refractivity contribution in [3.05, 3.63) is 59.9 Å². The topological polar surface area (TPSA) is 91.8 Å². The van der Waals surface area contributed by atoms with E-state index in [9.17, 15) is 23.2 Å². The first kappa shape index (κ1) is 21.8. The van der Waals surface area contributed by atoms with Gasteiger partial charge < -0.3 is 15.0 Å². The number of hydrogen-bond donors (Lipinski definition) is 1. The van der Waals surface area contributed by atoms with Gasteiger partial charge in [0, 0.05) is 30.5 Å². The van der Waals surface area contributed by atoms with E-state index in [2.05, 4.69) is 4.98 Å². The first-order valence-corrected chi connectivity index (χ1v) is 10.1. The maximum Gasteiger partial charge on any atom is 0.324 e. The molecule has 0 radical (unpaired) electrons. The maximum atomic E-state index is 13.2. The third kappa shape index (κ3) is 4.59. The van der Waals surface area contributed by atoms with Crippen LogP contribution in [0.25, 0.3) is 0 Å². The van der Waals surface area contributed by atoms with Crippen molar-refractivity contribution in [3.63, 3.8) is 0 Å². The lowest BCUT2D eigenvalue weighted by Crippen LogP contribution is -2.68. The number of carbonyl (C=O) groups excluding carboxylic acids is 3. The number of pyridine rings is 1. The molecule has 0 unspecified atom stereocenters. The van der Waals surface area contributed by atoms with E-state index in [4.69, 9.17) is 4.74 Å². The van der Waals surface area contributed by atoms with Crippen LogP contribution in [0, 0.1) is 5.41 Å². The molecular weight excluding hydrogens is 422 g/mol. The SMILES string of the molecule is O=C(CNC(=O)C(F)F)c1ccc(CN(C(=O)N2CC3(COC3)C2)c2ccccc2)nc1. The summed E-state index contributed by atoms with van der Waals surface area (Å²) in [6, 6.07) is 12.2. The van der Waals surface area contributed by atoms with Crippen LogP contribution < -0.4 is 10.2 Å². The van der Waals surface area contributed by atoms with Gasteiger partial charge in [0.2, 0.25) is 0 Å². The van der Waals surface area contributed by atoms with E-state index < -0.39 is 24.7 Å². The summed E-state index contributed by atoms with van der Waals surface area (Å²) in [5, 5.41) is 1.87. The number of aromatic nitrogens is 1. The Morgan fingerprint density at radius 3 is 2.41 bits per heavy atom. The molecule has 1 spiro atoms. The monoisotopic (exact) mass is 444 g/mol. The zero-order valence-corrected chi connectivity index (χ0v) is 17.2. The Bertz CT molecular complexity index is 989. The molecule has 32 heavy (non-hydrogen) atoms. The number of anilines is 1. The second kappa shape index (κ2) is 8.99. The van der Waals surface area contributed by atoms with E-state index in [1.807, 2.05) is 35.6 Å². The Morgan fingerprint density at radius 2 is 1.84 bits per heavy atom. The fraction of sp³-hybridized carbons (Fsp3) is 0.364. The fourth-order valence-corrected chi connectivity index (χ4v) is 3.71. The summed E-state index contributed by atoms with van der Waals surface area (Å²) < 4.78 is 29.7. The van der Waals surface area contributed by atoms with Crippen LogP contribution in [0.4, 0.5) is 19.3 Å². The van der Waals surface area contributed by atoms with Gasteiger partial charge in [-0.1, -0.05) is 18.2 Å². The standard InChI is InChI=1S/C22H22F2N4O4/c23-19(24)20(30)26-9-18(29)15-6-7-16(25-8-15)10-28(17-4-2-1-3-5-17)21(31)27-11-22(12-27)13-32-14-22/h1-8,19H,9-14H2,(H,26,30). The smallest absolute Gasteiger partial charge is 0.324 e. The molecule has 2 aliphatic rings. The van der Waals surface area contributed by atoms with Crippen LogP contribution >= 0.6 is 0 Å². The molecule has 10 heteroatoms. The number of carbonyl (C=O) groups is 3. The summed E-state index contributed by atoms with van der Waals surface area (Å²) in [5.74, 6) is -2.04. The van der Waals surface area contributed by atoms with Crippen molar-refractivity contribution in [2.45, 2.75) is 13.0 Å². The van der Waals surface area contributed by atoms with Gasteiger partial charge in [0.15, 0.2) is 5.78 Å². The Hall–Kier alpha value is -3.40. The lowest BCUT2D eigenvalue weighted by molar-refractivity contribution is -0.174. The largest absolute Gasteiger partial charge is 0.380 e. The number of halogens is 2. The van der Waals surface area contributed by atoms with Gasteiger partial charge >= 0.3 is 12.5 Å². The third-order valence-corrected chi connectivity index (χ3v) is 5.53. The molecule has 2 saturated heterocycles. The van der Waals surface area contributed by atoms with Crippen LogP contribution in [0.2, 0.25) is 0 Å². The Balaban J connectivity index is 1.42. The minimum absolute atomic E-state index is 0.0953. The summed E-state index contributed by atoms with van der Waals surface area (Å²) in [5.41, 5.74) is 1.55. The lowest BCUT2D eigenvalue weighted by Gasteiger charge is -2.55. The number of urea groups is 1. The molecule has 2 aliphatic heterocycles. The van der Waals surface area contributed by atoms with E-state index in [0.29, 0.717) is 32.0 Å². The summed E-state index contributed by atoms with van der Waals surface area (Å²) in [7, 11) is 0. The highest BCUT2D eigenvalue weighted by Crippen LogP contribution is 2.38. The van der Waals surface area contributed by atoms with Gasteiger partial charge in [-0.05, 0) is 24.3 Å². The molecular formula is C22H22F2N4O4.